The molecule has 0 radical (unpaired) electrons. The molecule has 1 aliphatic heterocycles. The molecule has 1 rings (SSSR count). The van der Waals surface area contributed by atoms with Crippen LogP contribution in [0.1, 0.15) is 59.8 Å². The van der Waals surface area contributed by atoms with Gasteiger partial charge in [-0.15, -0.1) is 0 Å². The van der Waals surface area contributed by atoms with Gasteiger partial charge in [-0.3, -0.25) is 4.79 Å². The Hall–Kier alpha value is -0.570. The average Bonchev–Trinajstić information content (AvgIpc) is 2.53. The van der Waals surface area contributed by atoms with Gasteiger partial charge in [0.25, 0.3) is 0 Å². The van der Waals surface area contributed by atoms with Crippen molar-refractivity contribution < 1.29 is 24.9 Å². The first-order valence-electron chi connectivity index (χ1n) is 9.35. The zero-order chi connectivity index (χ0) is 19.0. The van der Waals surface area contributed by atoms with E-state index in [4.69, 9.17) is 4.74 Å². The molecule has 7 heteroatoms. The highest BCUT2D eigenvalue weighted by atomic mass is 16.6. The fraction of sp³-hybridized carbons (Fsp3) is 0.944. The Kier molecular flexibility index (Phi) is 9.48. The third-order valence-electron chi connectivity index (χ3n) is 4.45. The lowest BCUT2D eigenvalue weighted by Crippen LogP contribution is -2.62. The second kappa shape index (κ2) is 10.5. The molecule has 0 aromatic carbocycles. The van der Waals surface area contributed by atoms with Crippen molar-refractivity contribution in [1.29, 1.82) is 0 Å². The maximum atomic E-state index is 11.9. The van der Waals surface area contributed by atoms with E-state index in [2.05, 4.69) is 31.4 Å². The summed E-state index contributed by atoms with van der Waals surface area (Å²) in [6, 6.07) is -0.863. The van der Waals surface area contributed by atoms with Gasteiger partial charge in [0.05, 0.1) is 18.7 Å². The highest BCUT2D eigenvalue weighted by Crippen LogP contribution is 2.21. The highest BCUT2D eigenvalue weighted by Gasteiger charge is 2.42. The minimum absolute atomic E-state index is 0.0234. The standard InChI is InChI=1S/C18H36N2O5/c1-5-13-15(22)16(23)14(17(24)25-13)19-11-12(21)9-7-6-8-10-20-18(2,3)4/h13-17,19-20,22-24H,5-11H2,1-4H3/t13-,14-,15-,16-,17+/m0/s1. The maximum Gasteiger partial charge on any atom is 0.173 e. The second-order valence-electron chi connectivity index (χ2n) is 7.89. The number of rotatable bonds is 10. The Bertz CT molecular complexity index is 399. The van der Waals surface area contributed by atoms with E-state index >= 15 is 0 Å². The topological polar surface area (TPSA) is 111 Å². The van der Waals surface area contributed by atoms with Gasteiger partial charge in [0.1, 0.15) is 18.0 Å². The van der Waals surface area contributed by atoms with Crippen molar-refractivity contribution in [2.24, 2.45) is 0 Å². The monoisotopic (exact) mass is 360 g/mol. The minimum atomic E-state index is -1.24. The summed E-state index contributed by atoms with van der Waals surface area (Å²) >= 11 is 0. The molecule has 5 atom stereocenters. The lowest BCUT2D eigenvalue weighted by atomic mass is 9.95. The zero-order valence-electron chi connectivity index (χ0n) is 16.0. The van der Waals surface area contributed by atoms with Crippen LogP contribution in [-0.4, -0.2) is 70.4 Å². The molecule has 0 aromatic heterocycles. The Morgan fingerprint density at radius 3 is 2.36 bits per heavy atom. The number of aliphatic hydroxyl groups excluding tert-OH is 3. The summed E-state index contributed by atoms with van der Waals surface area (Å²) in [6.45, 7) is 9.16. The first-order chi connectivity index (χ1) is 11.7. The van der Waals surface area contributed by atoms with Gasteiger partial charge in [0.2, 0.25) is 0 Å². The van der Waals surface area contributed by atoms with E-state index in [0.717, 1.165) is 25.8 Å². The largest absolute Gasteiger partial charge is 0.388 e. The first kappa shape index (κ1) is 22.5. The lowest BCUT2D eigenvalue weighted by molar-refractivity contribution is -0.247. The Labute approximate surface area is 151 Å². The van der Waals surface area contributed by atoms with E-state index < -0.39 is 30.6 Å². The van der Waals surface area contributed by atoms with Crippen LogP contribution >= 0.6 is 0 Å². The van der Waals surface area contributed by atoms with Crippen LogP contribution in [0.3, 0.4) is 0 Å². The zero-order valence-corrected chi connectivity index (χ0v) is 16.0. The number of nitrogens with one attached hydrogen (secondary N) is 2. The third-order valence-corrected chi connectivity index (χ3v) is 4.45. The summed E-state index contributed by atoms with van der Waals surface area (Å²) < 4.78 is 5.28. The van der Waals surface area contributed by atoms with Crippen LogP contribution in [0.15, 0.2) is 0 Å². The van der Waals surface area contributed by atoms with Crippen LogP contribution in [0, 0.1) is 0 Å². The van der Waals surface area contributed by atoms with Crippen LogP contribution in [-0.2, 0) is 9.53 Å². The van der Waals surface area contributed by atoms with Crippen LogP contribution in [0.25, 0.3) is 0 Å². The predicted molar refractivity (Wildman–Crippen MR) is 96.2 cm³/mol. The van der Waals surface area contributed by atoms with Crippen molar-refractivity contribution in [3.05, 3.63) is 0 Å². The van der Waals surface area contributed by atoms with Gasteiger partial charge in [0, 0.05) is 12.0 Å². The van der Waals surface area contributed by atoms with Crippen molar-refractivity contribution in [2.75, 3.05) is 13.1 Å². The molecule has 0 saturated carbocycles. The molecule has 0 spiro atoms. The molecule has 7 nitrogen and oxygen atoms in total. The lowest BCUT2D eigenvalue weighted by Gasteiger charge is -2.40. The van der Waals surface area contributed by atoms with E-state index in [0.29, 0.717) is 12.8 Å². The summed E-state index contributed by atoms with van der Waals surface area (Å²) in [7, 11) is 0. The Balaban J connectivity index is 2.21. The third kappa shape index (κ3) is 8.11. The number of carbonyl (C=O) groups excluding carboxylic acids is 1. The molecule has 1 saturated heterocycles. The molecule has 148 valence electrons. The van der Waals surface area contributed by atoms with Crippen molar-refractivity contribution in [2.45, 2.75) is 96.0 Å². The fourth-order valence-corrected chi connectivity index (χ4v) is 2.91. The Morgan fingerprint density at radius 2 is 1.76 bits per heavy atom. The van der Waals surface area contributed by atoms with E-state index in [1.807, 2.05) is 6.92 Å². The molecule has 0 amide bonds. The number of unbranched alkanes of at least 4 members (excludes halogenated alkanes) is 2. The van der Waals surface area contributed by atoms with Crippen LogP contribution in [0.5, 0.6) is 0 Å². The van der Waals surface area contributed by atoms with Crippen molar-refractivity contribution >= 4 is 5.78 Å². The number of ether oxygens (including phenoxy) is 1. The molecule has 0 unspecified atom stereocenters. The molecule has 25 heavy (non-hydrogen) atoms. The minimum Gasteiger partial charge on any atom is -0.388 e. The van der Waals surface area contributed by atoms with Gasteiger partial charge >= 0.3 is 0 Å². The van der Waals surface area contributed by atoms with Gasteiger partial charge in [-0.05, 0) is 46.6 Å². The Morgan fingerprint density at radius 1 is 1.08 bits per heavy atom. The number of carbonyl (C=O) groups is 1. The van der Waals surface area contributed by atoms with Gasteiger partial charge < -0.3 is 30.7 Å². The average molecular weight is 360 g/mol. The van der Waals surface area contributed by atoms with E-state index in [1.165, 1.54) is 0 Å². The number of hydrogen-bond acceptors (Lipinski definition) is 7. The van der Waals surface area contributed by atoms with Gasteiger partial charge in [-0.25, -0.2) is 0 Å². The van der Waals surface area contributed by atoms with Crippen molar-refractivity contribution in [3.8, 4) is 0 Å². The van der Waals surface area contributed by atoms with Crippen LogP contribution in [0.4, 0.5) is 0 Å². The molecular weight excluding hydrogens is 324 g/mol. The summed E-state index contributed by atoms with van der Waals surface area (Å²) in [6.07, 6.45) is -0.298. The molecule has 0 aliphatic carbocycles. The summed E-state index contributed by atoms with van der Waals surface area (Å²) in [5.74, 6) is 0.0234. The highest BCUT2D eigenvalue weighted by molar-refractivity contribution is 5.80. The number of hydrogen-bond donors (Lipinski definition) is 5. The molecule has 0 bridgehead atoms. The number of ketones is 1. The van der Waals surface area contributed by atoms with Crippen molar-refractivity contribution in [3.63, 3.8) is 0 Å². The number of aliphatic hydroxyl groups is 3. The SMILES string of the molecule is CC[C@@H]1O[C@@H](O)[C@@H](NCC(=O)CCCCCNC(C)(C)C)[C@H](O)[C@H]1O. The summed E-state index contributed by atoms with van der Waals surface area (Å²) in [4.78, 5) is 11.9. The fourth-order valence-electron chi connectivity index (χ4n) is 2.91. The van der Waals surface area contributed by atoms with Crippen molar-refractivity contribution in [1.82, 2.24) is 10.6 Å². The molecule has 1 fully saturated rings. The molecular formula is C18H36N2O5. The predicted octanol–water partition coefficient (Wildman–Crippen LogP) is 0.311. The molecule has 0 aromatic rings. The summed E-state index contributed by atoms with van der Waals surface area (Å²) in [5, 5.41) is 36.2. The maximum absolute atomic E-state index is 11.9. The van der Waals surface area contributed by atoms with Crippen LogP contribution < -0.4 is 10.6 Å². The first-order valence-corrected chi connectivity index (χ1v) is 9.35. The smallest absolute Gasteiger partial charge is 0.173 e. The molecule has 1 aliphatic rings. The van der Waals surface area contributed by atoms with Crippen LogP contribution in [0.2, 0.25) is 0 Å². The quantitative estimate of drug-likeness (QED) is 0.357. The normalized spacial score (nSPS) is 30.4. The van der Waals surface area contributed by atoms with E-state index in [-0.39, 0.29) is 17.9 Å². The second-order valence-corrected chi connectivity index (χ2v) is 7.89. The van der Waals surface area contributed by atoms with Gasteiger partial charge in [-0.1, -0.05) is 13.3 Å². The van der Waals surface area contributed by atoms with E-state index in [9.17, 15) is 20.1 Å². The molecule has 1 heterocycles. The van der Waals surface area contributed by atoms with Gasteiger partial charge in [0.15, 0.2) is 6.29 Å². The van der Waals surface area contributed by atoms with Gasteiger partial charge in [-0.2, -0.15) is 0 Å². The van der Waals surface area contributed by atoms with E-state index in [1.54, 1.807) is 0 Å². The summed E-state index contributed by atoms with van der Waals surface area (Å²) in [5.41, 5.74) is 0.116. The number of Topliss-reactive ketones (excluding diaryl/α,β-unsaturated/α-hetero) is 1. The molecule has 5 N–H and O–H groups in total.